The van der Waals surface area contributed by atoms with Crippen LogP contribution in [0, 0.1) is 0 Å². The molecular formula is C18H35N3OS. The third-order valence-electron chi connectivity index (χ3n) is 4.36. The molecule has 0 aromatic rings. The first kappa shape index (κ1) is 20.5. The van der Waals surface area contributed by atoms with Crippen LogP contribution in [-0.4, -0.2) is 22.0 Å². The van der Waals surface area contributed by atoms with E-state index in [4.69, 9.17) is 5.73 Å². The molecule has 2 N–H and O–H groups in total. The van der Waals surface area contributed by atoms with E-state index in [1.807, 2.05) is 0 Å². The molecule has 1 aliphatic rings. The molecule has 5 heteroatoms. The first-order valence-corrected chi connectivity index (χ1v) is 10.5. The summed E-state index contributed by atoms with van der Waals surface area (Å²) >= 11 is 1.39. The van der Waals surface area contributed by atoms with Gasteiger partial charge < -0.3 is 5.73 Å². The minimum absolute atomic E-state index is 0.0572. The summed E-state index contributed by atoms with van der Waals surface area (Å²) in [6.07, 6.45) is 17.7. The average molecular weight is 342 g/mol. The van der Waals surface area contributed by atoms with Crippen LogP contribution < -0.4 is 5.73 Å². The van der Waals surface area contributed by atoms with Gasteiger partial charge >= 0.3 is 0 Å². The Kier molecular flexibility index (Phi) is 12.3. The summed E-state index contributed by atoms with van der Waals surface area (Å²) in [5.74, 6) is 0.0572. The van der Waals surface area contributed by atoms with Gasteiger partial charge in [0.05, 0.1) is 5.55 Å². The number of carbonyl (C=O) groups excluding carboxylic acids is 1. The van der Waals surface area contributed by atoms with Gasteiger partial charge in [-0.2, -0.15) is 5.10 Å². The molecule has 0 saturated heterocycles. The van der Waals surface area contributed by atoms with Crippen molar-refractivity contribution < 1.29 is 4.79 Å². The van der Waals surface area contributed by atoms with Crippen LogP contribution in [0.5, 0.6) is 0 Å². The van der Waals surface area contributed by atoms with Crippen molar-refractivity contribution >= 4 is 23.2 Å². The van der Waals surface area contributed by atoms with Crippen LogP contribution in [0.2, 0.25) is 0 Å². The van der Waals surface area contributed by atoms with Crippen LogP contribution in [0.3, 0.4) is 0 Å². The van der Waals surface area contributed by atoms with Gasteiger partial charge in [0.1, 0.15) is 0 Å². The molecule has 0 bridgehead atoms. The van der Waals surface area contributed by atoms with Gasteiger partial charge in [-0.15, -0.1) is 0 Å². The van der Waals surface area contributed by atoms with E-state index in [-0.39, 0.29) is 11.4 Å². The maximum Gasteiger partial charge on any atom is 0.244 e. The van der Waals surface area contributed by atoms with E-state index >= 15 is 0 Å². The van der Waals surface area contributed by atoms with Crippen molar-refractivity contribution in [2.24, 2.45) is 10.8 Å². The molecule has 1 atom stereocenters. The number of carbonyl (C=O) groups is 1. The Bertz CT molecular complexity index is 336. The number of amides is 1. The Morgan fingerprint density at radius 1 is 0.957 bits per heavy atom. The number of nitrogens with two attached hydrogens (primary N) is 1. The van der Waals surface area contributed by atoms with E-state index in [9.17, 15) is 4.79 Å². The highest BCUT2D eigenvalue weighted by Gasteiger charge is 2.23. The molecule has 1 aliphatic heterocycles. The second-order valence-electron chi connectivity index (χ2n) is 6.48. The summed E-state index contributed by atoms with van der Waals surface area (Å²) in [7, 11) is 0. The zero-order chi connectivity index (χ0) is 16.8. The predicted octanol–water partition coefficient (Wildman–Crippen LogP) is 5.23. The van der Waals surface area contributed by atoms with Crippen molar-refractivity contribution in [3.8, 4) is 0 Å². The fourth-order valence-corrected chi connectivity index (χ4v) is 3.45. The normalized spacial score (nSPS) is 17.1. The van der Waals surface area contributed by atoms with Gasteiger partial charge in [0.2, 0.25) is 5.91 Å². The third kappa shape index (κ3) is 10.0. The van der Waals surface area contributed by atoms with Crippen molar-refractivity contribution in [1.82, 2.24) is 5.01 Å². The van der Waals surface area contributed by atoms with E-state index in [2.05, 4.69) is 12.0 Å². The van der Waals surface area contributed by atoms with E-state index < -0.39 is 0 Å². The zero-order valence-electron chi connectivity index (χ0n) is 14.8. The number of hydrogen-bond acceptors (Lipinski definition) is 4. The monoisotopic (exact) mass is 341 g/mol. The second-order valence-corrected chi connectivity index (χ2v) is 7.44. The summed E-state index contributed by atoms with van der Waals surface area (Å²) < 4.78 is 0. The molecule has 0 saturated carbocycles. The minimum Gasteiger partial charge on any atom is -0.301 e. The topological polar surface area (TPSA) is 58.7 Å². The van der Waals surface area contributed by atoms with Crippen molar-refractivity contribution in [2.75, 3.05) is 0 Å². The first-order chi connectivity index (χ1) is 11.3. The summed E-state index contributed by atoms with van der Waals surface area (Å²) in [5.41, 5.74) is 7.10. The fourth-order valence-electron chi connectivity index (χ4n) is 2.88. The summed E-state index contributed by atoms with van der Waals surface area (Å²) in [4.78, 5) is 11.9. The van der Waals surface area contributed by atoms with Crippen LogP contribution in [0.25, 0.3) is 0 Å². The number of hydrazone groups is 1. The quantitative estimate of drug-likeness (QED) is 0.440. The van der Waals surface area contributed by atoms with Gasteiger partial charge in [-0.3, -0.25) is 4.79 Å². The number of thioether (sulfide) groups is 1. The maximum absolute atomic E-state index is 11.9. The van der Waals surface area contributed by atoms with Gasteiger partial charge in [0.15, 0.2) is 5.50 Å². The number of nitrogens with zero attached hydrogens (tertiary/aromatic N) is 2. The Morgan fingerprint density at radius 2 is 1.43 bits per heavy atom. The summed E-state index contributed by atoms with van der Waals surface area (Å²) in [6.45, 7) is 2.27. The van der Waals surface area contributed by atoms with Crippen LogP contribution in [0.1, 0.15) is 96.8 Å². The number of unbranched alkanes of at least 4 members (excludes halogenated alkanes) is 12. The molecule has 1 rings (SSSR count). The summed E-state index contributed by atoms with van der Waals surface area (Å²) in [6, 6.07) is 0. The predicted molar refractivity (Wildman–Crippen MR) is 101 cm³/mol. The van der Waals surface area contributed by atoms with Crippen LogP contribution >= 0.6 is 11.8 Å². The largest absolute Gasteiger partial charge is 0.301 e. The molecule has 1 heterocycles. The Labute approximate surface area is 146 Å². The van der Waals surface area contributed by atoms with Crippen LogP contribution in [0.4, 0.5) is 0 Å². The molecule has 0 aromatic heterocycles. The molecule has 23 heavy (non-hydrogen) atoms. The van der Waals surface area contributed by atoms with E-state index in [0.29, 0.717) is 6.42 Å². The van der Waals surface area contributed by atoms with Crippen molar-refractivity contribution in [3.63, 3.8) is 0 Å². The fraction of sp³-hybridized carbons (Fsp3) is 0.889. The molecule has 4 nitrogen and oxygen atoms in total. The Morgan fingerprint density at radius 3 is 1.87 bits per heavy atom. The average Bonchev–Trinajstić information content (AvgIpc) is 2.98. The lowest BCUT2D eigenvalue weighted by molar-refractivity contribution is -0.131. The molecule has 1 unspecified atom stereocenters. The highest BCUT2D eigenvalue weighted by Crippen LogP contribution is 2.18. The highest BCUT2D eigenvalue weighted by atomic mass is 32.2. The SMILES string of the molecule is CCCCCCCCCCCCCCCC(=O)N1N=CSC1N. The van der Waals surface area contributed by atoms with Gasteiger partial charge in [0.25, 0.3) is 0 Å². The molecule has 134 valence electrons. The lowest BCUT2D eigenvalue weighted by atomic mass is 10.0. The Balaban J connectivity index is 1.79. The first-order valence-electron chi connectivity index (χ1n) is 9.51. The Hall–Kier alpha value is -0.550. The smallest absolute Gasteiger partial charge is 0.244 e. The molecular weight excluding hydrogens is 306 g/mol. The van der Waals surface area contributed by atoms with E-state index in [0.717, 1.165) is 12.8 Å². The van der Waals surface area contributed by atoms with Gasteiger partial charge in [-0.25, -0.2) is 5.01 Å². The molecule has 0 fully saturated rings. The van der Waals surface area contributed by atoms with E-state index in [1.54, 1.807) is 5.55 Å². The van der Waals surface area contributed by atoms with Crippen molar-refractivity contribution in [3.05, 3.63) is 0 Å². The van der Waals surface area contributed by atoms with Crippen molar-refractivity contribution in [2.45, 2.75) is 102 Å². The highest BCUT2D eigenvalue weighted by molar-refractivity contribution is 8.12. The van der Waals surface area contributed by atoms with Crippen LogP contribution in [0.15, 0.2) is 5.10 Å². The maximum atomic E-state index is 11.9. The van der Waals surface area contributed by atoms with Gasteiger partial charge in [0, 0.05) is 6.42 Å². The molecule has 0 radical (unpaired) electrons. The molecule has 0 aliphatic carbocycles. The third-order valence-corrected chi connectivity index (χ3v) is 5.06. The van der Waals surface area contributed by atoms with Gasteiger partial charge in [-0.05, 0) is 6.42 Å². The van der Waals surface area contributed by atoms with Gasteiger partial charge in [-0.1, -0.05) is 95.7 Å². The van der Waals surface area contributed by atoms with E-state index in [1.165, 1.54) is 87.4 Å². The standard InChI is InChI=1S/C18H35N3OS/c1-2-3-4-5-6-7-8-9-10-11-12-13-14-15-17(22)21-18(19)23-16-20-21/h16,18H,2-15,19H2,1H3. The lowest BCUT2D eigenvalue weighted by Crippen LogP contribution is -2.36. The van der Waals surface area contributed by atoms with Crippen molar-refractivity contribution in [1.29, 1.82) is 0 Å². The minimum atomic E-state index is -0.315. The zero-order valence-corrected chi connectivity index (χ0v) is 15.7. The van der Waals surface area contributed by atoms with Crippen LogP contribution in [-0.2, 0) is 4.79 Å². The molecule has 0 spiro atoms. The number of rotatable bonds is 14. The molecule has 1 amide bonds. The molecule has 0 aromatic carbocycles. The lowest BCUT2D eigenvalue weighted by Gasteiger charge is -2.16. The number of hydrogen-bond donors (Lipinski definition) is 1. The second kappa shape index (κ2) is 13.8. The summed E-state index contributed by atoms with van der Waals surface area (Å²) in [5, 5.41) is 5.40.